The minimum atomic E-state index is -1.71. The lowest BCUT2D eigenvalue weighted by Crippen LogP contribution is -2.62. The van der Waals surface area contributed by atoms with Crippen LogP contribution in [0.5, 0.6) is 0 Å². The Kier molecular flexibility index (Phi) is 40.7. The Morgan fingerprint density at radius 3 is 1.28 bits per heavy atom. The number of thiol groups is 1. The normalized spacial score (nSPS) is 19.7. The Morgan fingerprint density at radius 2 is 0.850 bits per heavy atom. The molecular formula is C74H121N19O18S2. The van der Waals surface area contributed by atoms with Crippen molar-refractivity contribution in [1.82, 2.24) is 67.5 Å². The van der Waals surface area contributed by atoms with Crippen molar-refractivity contribution in [1.29, 1.82) is 0 Å². The number of nitrogens with one attached hydrogen (secondary N) is 9. The number of hydrogen-bond acceptors (Lipinski definition) is 23. The minimum absolute atomic E-state index is 0.0166. The Bertz CT molecular complexity index is 3420. The number of carbonyl (C=O) groups is 16. The molecular weight excluding hydrogens is 1510 g/mol. The molecule has 4 fully saturated rings. The molecule has 23 N–H and O–H groups in total. The van der Waals surface area contributed by atoms with Crippen molar-refractivity contribution in [3.63, 3.8) is 0 Å². The molecule has 5 rings (SSSR count). The number of carboxylic acids is 1. The number of amides is 15. The highest BCUT2D eigenvalue weighted by molar-refractivity contribution is 7.98. The number of unbranched alkanes of at least 4 members (excludes halogenated alkanes) is 3. The Morgan fingerprint density at radius 1 is 0.469 bits per heavy atom. The number of aliphatic hydroxyl groups excluding tert-OH is 1. The van der Waals surface area contributed by atoms with Gasteiger partial charge in [-0.25, -0.2) is 4.79 Å². The summed E-state index contributed by atoms with van der Waals surface area (Å²) in [6.07, 6.45) is 3.49. The summed E-state index contributed by atoms with van der Waals surface area (Å²) in [4.78, 5) is 228. The number of carboxylic acid groups (broad SMARTS) is 1. The largest absolute Gasteiger partial charge is 0.480 e. The summed E-state index contributed by atoms with van der Waals surface area (Å²) < 4.78 is 0. The van der Waals surface area contributed by atoms with Gasteiger partial charge >= 0.3 is 5.97 Å². The number of hydrogen-bond donors (Lipinski definition) is 18. The smallest absolute Gasteiger partial charge is 0.327 e. The molecule has 0 radical (unpaired) electrons. The molecule has 4 aliphatic heterocycles. The van der Waals surface area contributed by atoms with Gasteiger partial charge in [0.25, 0.3) is 0 Å². The zero-order chi connectivity index (χ0) is 83.6. The first-order valence-electron chi connectivity index (χ1n) is 39.2. The van der Waals surface area contributed by atoms with Crippen LogP contribution in [-0.2, 0) is 83.1 Å². The molecule has 1 aromatic rings. The van der Waals surface area contributed by atoms with Crippen molar-refractivity contribution in [3.05, 3.63) is 35.9 Å². The first-order chi connectivity index (χ1) is 53.8. The zero-order valence-electron chi connectivity index (χ0n) is 65.3. The lowest BCUT2D eigenvalue weighted by atomic mass is 10.0. The molecule has 0 saturated carbocycles. The molecule has 1 aromatic carbocycles. The van der Waals surface area contributed by atoms with E-state index in [1.165, 1.54) is 28.5 Å². The quantitative estimate of drug-likeness (QED) is 0.0216. The molecule has 0 aliphatic carbocycles. The van der Waals surface area contributed by atoms with Gasteiger partial charge < -0.3 is 112 Å². The zero-order valence-corrected chi connectivity index (χ0v) is 67.0. The third-order valence-corrected chi connectivity index (χ3v) is 21.5. The van der Waals surface area contributed by atoms with Gasteiger partial charge in [0, 0.05) is 44.8 Å². The van der Waals surface area contributed by atoms with E-state index in [9.17, 15) is 86.9 Å². The average molecular weight is 1630 g/mol. The summed E-state index contributed by atoms with van der Waals surface area (Å²) in [6.45, 7) is 5.73. The predicted molar refractivity (Wildman–Crippen MR) is 421 cm³/mol. The molecule has 15 amide bonds. The Hall–Kier alpha value is -8.76. The van der Waals surface area contributed by atoms with Crippen LogP contribution in [-0.4, -0.2) is 279 Å². The molecule has 4 heterocycles. The van der Waals surface area contributed by atoms with Gasteiger partial charge in [0.2, 0.25) is 88.6 Å². The van der Waals surface area contributed by atoms with E-state index in [2.05, 4.69) is 60.5 Å². The van der Waals surface area contributed by atoms with E-state index in [1.54, 1.807) is 44.2 Å². The Labute approximate surface area is 669 Å². The summed E-state index contributed by atoms with van der Waals surface area (Å²) in [7, 11) is 0. The SMILES string of the molecule is CSCC[C@H](N)C(=O)N1CCC[C@H]1C(=O)N[C@@H](CCCCN)C(=O)N[C@@H](CCCCN)C(=O)N[C@@H](CCCCN)C(=O)N1CCC[C@H]1C(=O)N[C@H](C(=O)N1CCC[C@H]1C(=O)N[C@@H](Cc1ccccc1)C(=O)N[C@@H](CCC(N)=O)C(=O)N[C@@H](CC(C)C)C(=O)N[C@@H](CC(N)=O)C(=O)N1CCC[C@H]1C(=O)N[C@@H](CS)C(=O)O)[C@@H](C)O. The summed E-state index contributed by atoms with van der Waals surface area (Å²) in [6, 6.07) is -10.2. The highest BCUT2D eigenvalue weighted by atomic mass is 32.2. The van der Waals surface area contributed by atoms with Gasteiger partial charge in [-0.1, -0.05) is 44.2 Å². The van der Waals surface area contributed by atoms with E-state index in [0.717, 1.165) is 9.80 Å². The van der Waals surface area contributed by atoms with Crippen LogP contribution < -0.4 is 82.3 Å². The van der Waals surface area contributed by atoms with Crippen LogP contribution in [0.15, 0.2) is 30.3 Å². The molecule has 0 aromatic heterocycles. The third kappa shape index (κ3) is 29.5. The number of rotatable bonds is 49. The maximum absolute atomic E-state index is 14.9. The number of thioether (sulfide) groups is 1. The monoisotopic (exact) mass is 1630 g/mol. The third-order valence-electron chi connectivity index (χ3n) is 20.5. The van der Waals surface area contributed by atoms with Gasteiger partial charge in [-0.15, -0.1) is 0 Å². The first kappa shape index (κ1) is 94.8. The number of aliphatic hydroxyl groups is 1. The van der Waals surface area contributed by atoms with E-state index in [-0.39, 0.29) is 108 Å². The average Bonchev–Trinajstić information content (AvgIpc) is 1.73. The van der Waals surface area contributed by atoms with Gasteiger partial charge in [0.15, 0.2) is 0 Å². The molecule has 4 aliphatic rings. The van der Waals surface area contributed by atoms with Crippen molar-refractivity contribution in [3.8, 4) is 0 Å². The molecule has 0 bridgehead atoms. The second-order valence-corrected chi connectivity index (χ2v) is 31.1. The number of benzene rings is 1. The standard InChI is InChI=1S/C74H121N19O18S2/c1-42(2)38-50(64(100)87-52(40-59(80)96)72(108)92-35-15-24-55(92)68(104)88-53(41-112)74(110)111)85-63(99)48(27-28-58(79)95)82-65(101)51(39-44-18-6-5-7-19-44)86-67(103)56-25-17-36-93(56)73(109)60(43(3)94)89-69(105)57-26-16-34-91(57)71(107)49(22-10-13-32-77)84-62(98)46(20-8-11-30-75)81-61(97)47(21-9-12-31-76)83-66(102)54-23-14-33-90(54)70(106)45(78)29-37-113-4/h5-7,18-19,42-43,45-57,60,94,112H,8-17,20-41,75-78H2,1-4H3,(H2,79,95)(H2,80,96)(H,81,97)(H,82,101)(H,83,102)(H,84,98)(H,85,99)(H,86,103)(H,87,100)(H,88,104)(H,89,105)(H,110,111)/t43-,45+,46+,47+,48+,49+,50+,51+,52+,53+,54+,55+,56+,57+,60+/m1/s1. The summed E-state index contributed by atoms with van der Waals surface area (Å²) in [5.41, 5.74) is 35.4. The van der Waals surface area contributed by atoms with Crippen LogP contribution in [0, 0.1) is 5.92 Å². The number of aliphatic carboxylic acids is 1. The fourth-order valence-electron chi connectivity index (χ4n) is 14.4. The van der Waals surface area contributed by atoms with Gasteiger partial charge in [-0.2, -0.15) is 24.4 Å². The lowest BCUT2D eigenvalue weighted by molar-refractivity contribution is -0.146. The topological polar surface area (TPSA) is 591 Å². The van der Waals surface area contributed by atoms with Crippen LogP contribution >= 0.6 is 24.4 Å². The van der Waals surface area contributed by atoms with Crippen LogP contribution in [0.25, 0.3) is 0 Å². The molecule has 0 unspecified atom stereocenters. The maximum Gasteiger partial charge on any atom is 0.327 e. The van der Waals surface area contributed by atoms with E-state index < -0.39 is 199 Å². The van der Waals surface area contributed by atoms with Crippen molar-refractivity contribution in [2.24, 2.45) is 40.3 Å². The second kappa shape index (κ2) is 48.5. The fourth-order valence-corrected chi connectivity index (χ4v) is 15.1. The first-order valence-corrected chi connectivity index (χ1v) is 41.3. The van der Waals surface area contributed by atoms with Crippen LogP contribution in [0.2, 0.25) is 0 Å². The van der Waals surface area contributed by atoms with E-state index in [0.29, 0.717) is 95.0 Å². The van der Waals surface area contributed by atoms with Crippen molar-refractivity contribution < 1.29 is 86.9 Å². The van der Waals surface area contributed by atoms with E-state index in [4.69, 9.17) is 34.4 Å². The summed E-state index contributed by atoms with van der Waals surface area (Å²) in [5, 5.41) is 44.7. The number of likely N-dealkylation sites (tertiary alicyclic amines) is 4. The number of nitrogens with zero attached hydrogens (tertiary/aromatic N) is 4. The second-order valence-electron chi connectivity index (χ2n) is 29.7. The van der Waals surface area contributed by atoms with Crippen LogP contribution in [0.3, 0.4) is 0 Å². The van der Waals surface area contributed by atoms with Crippen molar-refractivity contribution >= 4 is 119 Å². The molecule has 4 saturated heterocycles. The summed E-state index contributed by atoms with van der Waals surface area (Å²) >= 11 is 5.52. The maximum atomic E-state index is 14.9. The molecule has 39 heteroatoms. The van der Waals surface area contributed by atoms with Crippen LogP contribution in [0.1, 0.15) is 168 Å². The van der Waals surface area contributed by atoms with Crippen molar-refractivity contribution in [2.45, 2.75) is 259 Å². The van der Waals surface area contributed by atoms with Gasteiger partial charge in [0.05, 0.1) is 18.6 Å². The highest BCUT2D eigenvalue weighted by Crippen LogP contribution is 2.26. The summed E-state index contributed by atoms with van der Waals surface area (Å²) in [5.74, 6) is -13.6. The lowest BCUT2D eigenvalue weighted by Gasteiger charge is -2.33. The van der Waals surface area contributed by atoms with Crippen LogP contribution in [0.4, 0.5) is 0 Å². The fraction of sp³-hybridized carbons (Fsp3) is 0.703. The van der Waals surface area contributed by atoms with Gasteiger partial charge in [0.1, 0.15) is 78.5 Å². The Balaban J connectivity index is 1.33. The highest BCUT2D eigenvalue weighted by Gasteiger charge is 2.46. The molecule has 113 heavy (non-hydrogen) atoms. The van der Waals surface area contributed by atoms with Gasteiger partial charge in [-0.3, -0.25) is 71.9 Å². The minimum Gasteiger partial charge on any atom is -0.480 e. The predicted octanol–water partition coefficient (Wildman–Crippen LogP) is -4.39. The molecule has 0 spiro atoms. The van der Waals surface area contributed by atoms with Gasteiger partial charge in [-0.05, 0) is 178 Å². The number of primary amides is 2. The molecule has 632 valence electrons. The molecule has 15 atom stereocenters. The number of nitrogens with two attached hydrogens (primary N) is 6. The van der Waals surface area contributed by atoms with E-state index in [1.807, 2.05) is 6.26 Å². The van der Waals surface area contributed by atoms with E-state index >= 15 is 0 Å². The van der Waals surface area contributed by atoms with Crippen molar-refractivity contribution in [2.75, 3.05) is 63.6 Å². The molecule has 37 nitrogen and oxygen atoms in total. The number of carbonyl (C=O) groups excluding carboxylic acids is 15.